The molecule has 0 radical (unpaired) electrons. The van der Waals surface area contributed by atoms with Crippen molar-refractivity contribution >= 4 is 21.8 Å². The summed E-state index contributed by atoms with van der Waals surface area (Å²) >= 11 is 0. The Bertz CT molecular complexity index is 1130. The molecule has 4 N–H and O–H groups in total. The molecule has 0 unspecified atom stereocenters. The number of aliphatic hydroxyl groups excluding tert-OH is 1. The van der Waals surface area contributed by atoms with Crippen LogP contribution in [0.5, 0.6) is 0 Å². The minimum atomic E-state index is -3.87. The molecule has 3 rings (SSSR count). The molecule has 1 saturated carbocycles. The van der Waals surface area contributed by atoms with Gasteiger partial charge in [0.05, 0.1) is 17.0 Å². The zero-order valence-electron chi connectivity index (χ0n) is 21.0. The van der Waals surface area contributed by atoms with Gasteiger partial charge < -0.3 is 16.2 Å². The first-order valence-electron chi connectivity index (χ1n) is 12.5. The number of primary amides is 1. The van der Waals surface area contributed by atoms with E-state index in [1.807, 2.05) is 44.2 Å². The molecule has 1 aliphatic carbocycles. The highest BCUT2D eigenvalue weighted by Crippen LogP contribution is 2.45. The summed E-state index contributed by atoms with van der Waals surface area (Å²) in [7, 11) is -3.87. The van der Waals surface area contributed by atoms with Crippen molar-refractivity contribution in [1.82, 2.24) is 9.62 Å². The van der Waals surface area contributed by atoms with E-state index in [1.54, 1.807) is 24.3 Å². The minimum absolute atomic E-state index is 0.158. The number of rotatable bonds is 14. The number of unbranched alkanes of at least 4 members (excludes halogenated alkanes) is 2. The fourth-order valence-corrected chi connectivity index (χ4v) is 5.71. The van der Waals surface area contributed by atoms with Crippen LogP contribution < -0.4 is 11.1 Å². The number of nitrogens with two attached hydrogens (primary N) is 1. The number of sulfonamides is 1. The molecule has 1 fully saturated rings. The predicted molar refractivity (Wildman–Crippen MR) is 138 cm³/mol. The summed E-state index contributed by atoms with van der Waals surface area (Å²) in [6.07, 6.45) is 2.22. The molecule has 2 atom stereocenters. The van der Waals surface area contributed by atoms with Crippen molar-refractivity contribution in [2.24, 2.45) is 11.1 Å². The van der Waals surface area contributed by atoms with Gasteiger partial charge in [-0.05, 0) is 50.3 Å². The lowest BCUT2D eigenvalue weighted by Crippen LogP contribution is -2.53. The number of benzene rings is 2. The molecular weight excluding hydrogens is 478 g/mol. The Hall–Kier alpha value is -2.75. The van der Waals surface area contributed by atoms with Gasteiger partial charge in [0.15, 0.2) is 0 Å². The van der Waals surface area contributed by atoms with Gasteiger partial charge in [-0.3, -0.25) is 9.59 Å². The molecule has 1 aliphatic rings. The highest BCUT2D eigenvalue weighted by atomic mass is 32.2. The molecule has 2 aromatic carbocycles. The molecule has 9 heteroatoms. The molecular formula is C27H37N3O5S. The van der Waals surface area contributed by atoms with Gasteiger partial charge in [0, 0.05) is 13.1 Å². The Morgan fingerprint density at radius 3 is 2.28 bits per heavy atom. The second-order valence-electron chi connectivity index (χ2n) is 9.67. The maximum Gasteiger partial charge on any atom is 0.243 e. The van der Waals surface area contributed by atoms with E-state index in [0.29, 0.717) is 19.3 Å². The highest BCUT2D eigenvalue weighted by molar-refractivity contribution is 7.89. The number of hydrogen-bond acceptors (Lipinski definition) is 5. The highest BCUT2D eigenvalue weighted by Gasteiger charge is 2.56. The summed E-state index contributed by atoms with van der Waals surface area (Å²) in [6.45, 7) is 3.97. The topological polar surface area (TPSA) is 130 Å². The van der Waals surface area contributed by atoms with Crippen molar-refractivity contribution in [2.75, 3.05) is 13.1 Å². The van der Waals surface area contributed by atoms with Crippen LogP contribution in [0, 0.1) is 12.3 Å². The van der Waals surface area contributed by atoms with Crippen LogP contribution in [0.1, 0.15) is 50.2 Å². The van der Waals surface area contributed by atoms with E-state index in [0.717, 1.165) is 24.0 Å². The zero-order chi connectivity index (χ0) is 26.3. The van der Waals surface area contributed by atoms with E-state index in [-0.39, 0.29) is 24.4 Å². The Morgan fingerprint density at radius 1 is 1.08 bits per heavy atom. The lowest BCUT2D eigenvalue weighted by atomic mass is 9.98. The van der Waals surface area contributed by atoms with Gasteiger partial charge >= 0.3 is 0 Å². The Kier molecular flexibility index (Phi) is 9.27. The van der Waals surface area contributed by atoms with Crippen molar-refractivity contribution in [3.63, 3.8) is 0 Å². The third kappa shape index (κ3) is 6.72. The Labute approximate surface area is 213 Å². The second-order valence-corrected chi connectivity index (χ2v) is 11.6. The number of hydrogen-bond donors (Lipinski definition) is 3. The molecule has 8 nitrogen and oxygen atoms in total. The molecule has 0 bridgehead atoms. The number of amides is 2. The van der Waals surface area contributed by atoms with Gasteiger partial charge in [-0.1, -0.05) is 67.8 Å². The molecule has 0 aromatic heterocycles. The molecule has 0 spiro atoms. The van der Waals surface area contributed by atoms with Gasteiger partial charge in [0.1, 0.15) is 5.41 Å². The first-order valence-corrected chi connectivity index (χ1v) is 13.9. The lowest BCUT2D eigenvalue weighted by Gasteiger charge is -2.30. The molecule has 2 aromatic rings. The van der Waals surface area contributed by atoms with E-state index < -0.39 is 39.4 Å². The third-order valence-electron chi connectivity index (χ3n) is 6.80. The number of aliphatic hydroxyl groups is 1. The van der Waals surface area contributed by atoms with Crippen molar-refractivity contribution in [1.29, 1.82) is 0 Å². The number of nitrogens with zero attached hydrogens (tertiary/aromatic N) is 1. The molecule has 2 amide bonds. The number of nitrogens with one attached hydrogen (secondary N) is 1. The van der Waals surface area contributed by atoms with Crippen LogP contribution in [-0.4, -0.2) is 54.9 Å². The van der Waals surface area contributed by atoms with E-state index in [2.05, 4.69) is 5.32 Å². The first-order chi connectivity index (χ1) is 17.1. The fourth-order valence-electron chi connectivity index (χ4n) is 4.21. The summed E-state index contributed by atoms with van der Waals surface area (Å²) in [6, 6.07) is 15.1. The summed E-state index contributed by atoms with van der Waals surface area (Å²) in [4.78, 5) is 25.0. The van der Waals surface area contributed by atoms with Crippen molar-refractivity contribution in [2.45, 2.75) is 69.4 Å². The number of aryl methyl sites for hydroxylation is 1. The number of carbonyl (C=O) groups is 2. The van der Waals surface area contributed by atoms with E-state index in [1.165, 1.54) is 4.31 Å². The van der Waals surface area contributed by atoms with Gasteiger partial charge in [0.25, 0.3) is 0 Å². The van der Waals surface area contributed by atoms with Crippen LogP contribution in [0.4, 0.5) is 0 Å². The van der Waals surface area contributed by atoms with Gasteiger partial charge in [0.2, 0.25) is 21.8 Å². The molecule has 196 valence electrons. The van der Waals surface area contributed by atoms with Crippen LogP contribution in [0.3, 0.4) is 0 Å². The van der Waals surface area contributed by atoms with Gasteiger partial charge in [-0.2, -0.15) is 4.31 Å². The van der Waals surface area contributed by atoms with Crippen LogP contribution >= 0.6 is 0 Å². The smallest absolute Gasteiger partial charge is 0.243 e. The summed E-state index contributed by atoms with van der Waals surface area (Å²) in [5, 5.41) is 14.1. The molecule has 0 saturated heterocycles. The van der Waals surface area contributed by atoms with E-state index in [4.69, 9.17) is 5.73 Å². The minimum Gasteiger partial charge on any atom is -0.390 e. The van der Waals surface area contributed by atoms with Gasteiger partial charge in [-0.15, -0.1) is 0 Å². The monoisotopic (exact) mass is 515 g/mol. The third-order valence-corrected chi connectivity index (χ3v) is 8.68. The largest absolute Gasteiger partial charge is 0.390 e. The zero-order valence-corrected chi connectivity index (χ0v) is 21.8. The van der Waals surface area contributed by atoms with Crippen molar-refractivity contribution < 1.29 is 23.1 Å². The second kappa shape index (κ2) is 12.0. The SMILES string of the molecule is CCCCCN(C[C@@H](O)[C@H](Cc1ccccc1)NC(=O)C1(C(N)=O)CC1)S(=O)(=O)c1ccc(C)cc1. The predicted octanol–water partition coefficient (Wildman–Crippen LogP) is 2.53. The maximum atomic E-state index is 13.5. The Morgan fingerprint density at radius 2 is 1.72 bits per heavy atom. The normalized spacial score (nSPS) is 16.3. The van der Waals surface area contributed by atoms with Crippen LogP contribution in [0.15, 0.2) is 59.5 Å². The first kappa shape index (κ1) is 27.8. The van der Waals surface area contributed by atoms with Crippen LogP contribution in [-0.2, 0) is 26.0 Å². The quantitative estimate of drug-likeness (QED) is 0.263. The Balaban J connectivity index is 1.85. The average Bonchev–Trinajstić information content (AvgIpc) is 3.66. The maximum absolute atomic E-state index is 13.5. The van der Waals surface area contributed by atoms with Gasteiger partial charge in [-0.25, -0.2) is 8.42 Å². The lowest BCUT2D eigenvalue weighted by molar-refractivity contribution is -0.136. The summed E-state index contributed by atoms with van der Waals surface area (Å²) in [5.74, 6) is -1.20. The fraction of sp³-hybridized carbons (Fsp3) is 0.481. The number of carbonyl (C=O) groups excluding carboxylic acids is 2. The van der Waals surface area contributed by atoms with Crippen molar-refractivity contribution in [3.05, 3.63) is 65.7 Å². The standard InChI is InChI=1S/C27H37N3O5S/c1-3-4-8-17-30(36(34,35)22-13-11-20(2)12-14-22)19-24(31)23(18-21-9-6-5-7-10-21)29-26(33)27(15-16-27)25(28)32/h5-7,9-14,23-24,31H,3-4,8,15-19H2,1-2H3,(H2,28,32)(H,29,33)/t23-,24+/m0/s1. The average molecular weight is 516 g/mol. The summed E-state index contributed by atoms with van der Waals surface area (Å²) < 4.78 is 28.3. The molecule has 0 aliphatic heterocycles. The van der Waals surface area contributed by atoms with Crippen LogP contribution in [0.25, 0.3) is 0 Å². The van der Waals surface area contributed by atoms with Crippen LogP contribution in [0.2, 0.25) is 0 Å². The molecule has 36 heavy (non-hydrogen) atoms. The van der Waals surface area contributed by atoms with E-state index in [9.17, 15) is 23.1 Å². The summed E-state index contributed by atoms with van der Waals surface area (Å²) in [5.41, 5.74) is 6.03. The van der Waals surface area contributed by atoms with E-state index >= 15 is 0 Å². The molecule has 0 heterocycles. The van der Waals surface area contributed by atoms with Crippen molar-refractivity contribution in [3.8, 4) is 0 Å².